The van der Waals surface area contributed by atoms with Crippen molar-refractivity contribution < 1.29 is 34.5 Å². The first-order valence-electron chi connectivity index (χ1n) is 8.42. The van der Waals surface area contributed by atoms with Crippen LogP contribution in [0.25, 0.3) is 0 Å². The average molecular weight is 432 g/mol. The Labute approximate surface area is 170 Å². The molecule has 3 amide bonds. The number of imidazole rings is 1. The summed E-state index contributed by atoms with van der Waals surface area (Å²) in [5.74, 6) is -4.14. The van der Waals surface area contributed by atoms with Crippen LogP contribution in [0.5, 0.6) is 0 Å². The van der Waals surface area contributed by atoms with Crippen molar-refractivity contribution in [1.29, 1.82) is 0 Å². The molecule has 4 atom stereocenters. The molecule has 0 fully saturated rings. The molecule has 13 nitrogen and oxygen atoms in total. The van der Waals surface area contributed by atoms with E-state index in [1.165, 1.54) is 12.5 Å². The fourth-order valence-electron chi connectivity index (χ4n) is 2.12. The summed E-state index contributed by atoms with van der Waals surface area (Å²) in [7, 11) is 0. The summed E-state index contributed by atoms with van der Waals surface area (Å²) in [4.78, 5) is 54.0. The lowest BCUT2D eigenvalue weighted by Gasteiger charge is -2.23. The summed E-state index contributed by atoms with van der Waals surface area (Å²) in [6, 6.07) is -5.26. The van der Waals surface area contributed by atoms with E-state index in [-0.39, 0.29) is 12.2 Å². The molecule has 0 bridgehead atoms. The number of amides is 3. The van der Waals surface area contributed by atoms with Crippen LogP contribution >= 0.6 is 12.6 Å². The minimum Gasteiger partial charge on any atom is -0.480 e. The first-order chi connectivity index (χ1) is 13.7. The third-order valence-corrected chi connectivity index (χ3v) is 4.12. The summed E-state index contributed by atoms with van der Waals surface area (Å²) in [5.41, 5.74) is 6.40. The molecule has 0 saturated heterocycles. The number of nitrogens with two attached hydrogens (primary N) is 1. The smallest absolute Gasteiger partial charge is 0.328 e. The number of carbonyl (C=O) groups excluding carboxylic acids is 3. The highest BCUT2D eigenvalue weighted by Gasteiger charge is 2.29. The molecule has 1 rings (SSSR count). The number of aromatic nitrogens is 2. The van der Waals surface area contributed by atoms with Crippen LogP contribution in [0.4, 0.5) is 0 Å². The second-order valence-corrected chi connectivity index (χ2v) is 6.32. The Balaban J connectivity index is 2.66. The molecule has 0 aliphatic carbocycles. The molecule has 1 aromatic heterocycles. The molecule has 29 heavy (non-hydrogen) atoms. The van der Waals surface area contributed by atoms with E-state index in [2.05, 4.69) is 33.2 Å². The molecule has 0 radical (unpaired) electrons. The van der Waals surface area contributed by atoms with Gasteiger partial charge in [-0.3, -0.25) is 14.4 Å². The van der Waals surface area contributed by atoms with Gasteiger partial charge in [0.05, 0.1) is 25.6 Å². The third-order valence-electron chi connectivity index (χ3n) is 3.76. The fourth-order valence-corrected chi connectivity index (χ4v) is 2.38. The van der Waals surface area contributed by atoms with Crippen LogP contribution in [-0.4, -0.2) is 92.1 Å². The van der Waals surface area contributed by atoms with Gasteiger partial charge in [0.15, 0.2) is 0 Å². The number of hydrogen-bond donors (Lipinski definition) is 9. The fraction of sp³-hybridized carbons (Fsp3) is 0.533. The van der Waals surface area contributed by atoms with Crippen LogP contribution < -0.4 is 21.7 Å². The van der Waals surface area contributed by atoms with Gasteiger partial charge in [0.25, 0.3) is 0 Å². The van der Waals surface area contributed by atoms with Gasteiger partial charge < -0.3 is 42.0 Å². The van der Waals surface area contributed by atoms with E-state index >= 15 is 0 Å². The highest BCUT2D eigenvalue weighted by atomic mass is 32.1. The third kappa shape index (κ3) is 7.69. The van der Waals surface area contributed by atoms with Crippen LogP contribution in [0.1, 0.15) is 5.69 Å². The van der Waals surface area contributed by atoms with Crippen LogP contribution in [0, 0.1) is 0 Å². The molecular formula is C15H24N6O7S. The Kier molecular flexibility index (Phi) is 10.1. The normalized spacial score (nSPS) is 14.9. The number of thiol groups is 1. The number of aliphatic hydroxyl groups excluding tert-OH is 2. The zero-order chi connectivity index (χ0) is 22.0. The van der Waals surface area contributed by atoms with Crippen molar-refractivity contribution in [1.82, 2.24) is 25.9 Å². The van der Waals surface area contributed by atoms with E-state index in [0.717, 1.165) is 0 Å². The molecule has 162 valence electrons. The van der Waals surface area contributed by atoms with Gasteiger partial charge in [-0.25, -0.2) is 9.78 Å². The van der Waals surface area contributed by atoms with Crippen LogP contribution in [-0.2, 0) is 25.6 Å². The second kappa shape index (κ2) is 12.0. The molecule has 4 unspecified atom stereocenters. The van der Waals surface area contributed by atoms with Gasteiger partial charge in [-0.1, -0.05) is 0 Å². The van der Waals surface area contributed by atoms with E-state index in [1.54, 1.807) is 0 Å². The largest absolute Gasteiger partial charge is 0.480 e. The first-order valence-corrected chi connectivity index (χ1v) is 9.06. The molecule has 0 aliphatic heterocycles. The molecule has 0 spiro atoms. The Morgan fingerprint density at radius 1 is 1.03 bits per heavy atom. The van der Waals surface area contributed by atoms with Gasteiger partial charge in [-0.2, -0.15) is 12.6 Å². The Hall–Kier alpha value is -2.68. The molecule has 14 heteroatoms. The molecule has 0 saturated carbocycles. The molecule has 1 heterocycles. The van der Waals surface area contributed by atoms with Gasteiger partial charge in [0, 0.05) is 24.1 Å². The van der Waals surface area contributed by atoms with Gasteiger partial charge in [-0.15, -0.1) is 0 Å². The lowest BCUT2D eigenvalue weighted by atomic mass is 10.1. The summed E-state index contributed by atoms with van der Waals surface area (Å²) in [5, 5.41) is 33.6. The average Bonchev–Trinajstić information content (AvgIpc) is 3.20. The second-order valence-electron chi connectivity index (χ2n) is 5.96. The summed E-state index contributed by atoms with van der Waals surface area (Å²) < 4.78 is 0. The molecule has 0 aliphatic rings. The Morgan fingerprint density at radius 3 is 2.07 bits per heavy atom. The maximum Gasteiger partial charge on any atom is 0.328 e. The standard InChI is InChI=1S/C15H24N6O7S/c16-8(1-7-2-17-6-18-7)12(24)21-11(5-29)14(26)19-9(3-22)13(25)20-10(4-23)15(27)28/h2,6,8-11,22-23,29H,1,3-5,16H2,(H,17,18)(H,19,26)(H,20,25)(H,21,24)(H,27,28). The first kappa shape index (κ1) is 24.4. The van der Waals surface area contributed by atoms with E-state index in [4.69, 9.17) is 15.9 Å². The number of carboxylic acid groups (broad SMARTS) is 1. The maximum absolute atomic E-state index is 12.3. The monoisotopic (exact) mass is 432 g/mol. The van der Waals surface area contributed by atoms with Crippen molar-refractivity contribution in [2.45, 2.75) is 30.6 Å². The van der Waals surface area contributed by atoms with E-state index < -0.39 is 61.1 Å². The predicted octanol–water partition coefficient (Wildman–Crippen LogP) is -4.27. The number of rotatable bonds is 12. The number of nitrogens with one attached hydrogen (secondary N) is 4. The molecular weight excluding hydrogens is 408 g/mol. The minimum absolute atomic E-state index is 0.136. The molecule has 9 N–H and O–H groups in total. The van der Waals surface area contributed by atoms with Crippen molar-refractivity contribution in [2.75, 3.05) is 19.0 Å². The van der Waals surface area contributed by atoms with E-state index in [0.29, 0.717) is 5.69 Å². The number of carboxylic acids is 1. The number of aliphatic carboxylic acids is 1. The minimum atomic E-state index is -1.60. The number of nitrogens with zero attached hydrogens (tertiary/aromatic N) is 1. The molecule has 0 aromatic carbocycles. The quantitative estimate of drug-likeness (QED) is 0.146. The van der Waals surface area contributed by atoms with Crippen molar-refractivity contribution in [3.05, 3.63) is 18.2 Å². The van der Waals surface area contributed by atoms with Gasteiger partial charge in [-0.05, 0) is 0 Å². The number of carbonyl (C=O) groups is 4. The van der Waals surface area contributed by atoms with Crippen molar-refractivity contribution in [3.63, 3.8) is 0 Å². The number of aliphatic hydroxyl groups is 2. The summed E-state index contributed by atoms with van der Waals surface area (Å²) in [6.07, 6.45) is 3.07. The number of hydrogen-bond acceptors (Lipinski definition) is 9. The van der Waals surface area contributed by atoms with Crippen LogP contribution in [0.2, 0.25) is 0 Å². The van der Waals surface area contributed by atoms with Crippen LogP contribution in [0.15, 0.2) is 12.5 Å². The molecule has 1 aromatic rings. The van der Waals surface area contributed by atoms with Crippen molar-refractivity contribution in [2.24, 2.45) is 5.73 Å². The Bertz CT molecular complexity index is 701. The van der Waals surface area contributed by atoms with E-state index in [1.807, 2.05) is 5.32 Å². The zero-order valence-electron chi connectivity index (χ0n) is 15.2. The van der Waals surface area contributed by atoms with Crippen LogP contribution in [0.3, 0.4) is 0 Å². The van der Waals surface area contributed by atoms with Crippen molar-refractivity contribution >= 4 is 36.3 Å². The Morgan fingerprint density at radius 2 is 1.59 bits per heavy atom. The van der Waals surface area contributed by atoms with Gasteiger partial charge in [0.2, 0.25) is 17.7 Å². The highest BCUT2D eigenvalue weighted by Crippen LogP contribution is 1.99. The van der Waals surface area contributed by atoms with Gasteiger partial charge in [0.1, 0.15) is 18.1 Å². The summed E-state index contributed by atoms with van der Waals surface area (Å²) >= 11 is 3.98. The lowest BCUT2D eigenvalue weighted by molar-refractivity contribution is -0.143. The van der Waals surface area contributed by atoms with E-state index in [9.17, 15) is 24.3 Å². The van der Waals surface area contributed by atoms with Crippen molar-refractivity contribution in [3.8, 4) is 0 Å². The van der Waals surface area contributed by atoms with Gasteiger partial charge >= 0.3 is 5.97 Å². The number of aromatic amines is 1. The summed E-state index contributed by atoms with van der Waals surface area (Å²) in [6.45, 7) is -1.72. The predicted molar refractivity (Wildman–Crippen MR) is 102 cm³/mol. The SMILES string of the molecule is NC(Cc1cnc[nH]1)C(=O)NC(CS)C(=O)NC(CO)C(=O)NC(CO)C(=O)O. The zero-order valence-corrected chi connectivity index (χ0v) is 16.1. The maximum atomic E-state index is 12.3. The lowest BCUT2D eigenvalue weighted by Crippen LogP contribution is -2.59. The topological polar surface area (TPSA) is 220 Å². The highest BCUT2D eigenvalue weighted by molar-refractivity contribution is 7.80. The number of H-pyrrole nitrogens is 1.